The van der Waals surface area contributed by atoms with Crippen molar-refractivity contribution in [3.63, 3.8) is 0 Å². The largest absolute Gasteiger partial charge is 0.378 e. The highest BCUT2D eigenvalue weighted by molar-refractivity contribution is 6.04. The monoisotopic (exact) mass is 405 g/mol. The van der Waals surface area contributed by atoms with Gasteiger partial charge in [-0.2, -0.15) is 5.10 Å². The maximum Gasteiger partial charge on any atom is 0.321 e. The van der Waals surface area contributed by atoms with Crippen LogP contribution in [-0.4, -0.2) is 52.9 Å². The van der Waals surface area contributed by atoms with Crippen molar-refractivity contribution in [1.29, 1.82) is 0 Å². The molecular formula is C22H23N5O3. The Bertz CT molecular complexity index is 1020. The van der Waals surface area contributed by atoms with Crippen LogP contribution in [0.5, 0.6) is 0 Å². The molecule has 8 nitrogen and oxygen atoms in total. The maximum absolute atomic E-state index is 12.4. The van der Waals surface area contributed by atoms with Gasteiger partial charge >= 0.3 is 6.03 Å². The van der Waals surface area contributed by atoms with Crippen LogP contribution in [0.3, 0.4) is 0 Å². The van der Waals surface area contributed by atoms with Gasteiger partial charge in [0.1, 0.15) is 5.82 Å². The van der Waals surface area contributed by atoms with Crippen LogP contribution in [0.1, 0.15) is 10.4 Å². The van der Waals surface area contributed by atoms with Crippen LogP contribution in [0.4, 0.5) is 16.3 Å². The zero-order valence-corrected chi connectivity index (χ0v) is 16.7. The first-order valence-corrected chi connectivity index (χ1v) is 9.75. The number of aromatic nitrogens is 2. The van der Waals surface area contributed by atoms with E-state index in [1.54, 1.807) is 28.8 Å². The lowest BCUT2D eigenvalue weighted by Gasteiger charge is -2.26. The molecule has 2 aromatic carbocycles. The summed E-state index contributed by atoms with van der Waals surface area (Å²) in [6.45, 7) is 2.31. The summed E-state index contributed by atoms with van der Waals surface area (Å²) in [5.41, 5.74) is 2.91. The van der Waals surface area contributed by atoms with Gasteiger partial charge in [-0.25, -0.2) is 4.79 Å². The predicted octanol–water partition coefficient (Wildman–Crippen LogP) is 3.20. The number of hydrogen-bond acceptors (Lipinski definition) is 4. The summed E-state index contributed by atoms with van der Waals surface area (Å²) >= 11 is 0. The topological polar surface area (TPSA) is 88.5 Å². The van der Waals surface area contributed by atoms with E-state index in [9.17, 15) is 9.59 Å². The summed E-state index contributed by atoms with van der Waals surface area (Å²) in [6.07, 6.45) is 0. The number of aryl methyl sites for hydroxylation is 1. The van der Waals surface area contributed by atoms with Gasteiger partial charge in [-0.3, -0.25) is 9.48 Å². The average Bonchev–Trinajstić information content (AvgIpc) is 3.15. The number of carbonyl (C=O) groups excluding carboxylic acids is 2. The number of hydrogen-bond donors (Lipinski definition) is 2. The molecular weight excluding hydrogens is 382 g/mol. The Morgan fingerprint density at radius 3 is 2.37 bits per heavy atom. The lowest BCUT2D eigenvalue weighted by Crippen LogP contribution is -2.43. The second-order valence-electron chi connectivity index (χ2n) is 6.97. The minimum absolute atomic E-state index is 0.130. The Balaban J connectivity index is 1.42. The summed E-state index contributed by atoms with van der Waals surface area (Å²) in [5, 5.41) is 10.3. The van der Waals surface area contributed by atoms with Gasteiger partial charge in [-0.1, -0.05) is 30.3 Å². The van der Waals surface area contributed by atoms with Crippen molar-refractivity contribution in [3.05, 3.63) is 66.2 Å². The predicted molar refractivity (Wildman–Crippen MR) is 114 cm³/mol. The van der Waals surface area contributed by atoms with Gasteiger partial charge in [0.05, 0.1) is 18.9 Å². The molecule has 0 atom stereocenters. The van der Waals surface area contributed by atoms with Crippen molar-refractivity contribution in [2.75, 3.05) is 36.9 Å². The average molecular weight is 405 g/mol. The Labute approximate surface area is 174 Å². The maximum atomic E-state index is 12.4. The van der Waals surface area contributed by atoms with Gasteiger partial charge in [0.25, 0.3) is 5.91 Å². The summed E-state index contributed by atoms with van der Waals surface area (Å²) in [5.74, 6) is 0.412. The van der Waals surface area contributed by atoms with Gasteiger partial charge in [0.2, 0.25) is 0 Å². The molecule has 0 aliphatic carbocycles. The quantitative estimate of drug-likeness (QED) is 0.698. The highest BCUT2D eigenvalue weighted by Crippen LogP contribution is 2.23. The molecule has 1 saturated heterocycles. The van der Waals surface area contributed by atoms with Crippen molar-refractivity contribution in [2.24, 2.45) is 7.05 Å². The number of morpholine rings is 1. The van der Waals surface area contributed by atoms with E-state index in [-0.39, 0.29) is 11.9 Å². The van der Waals surface area contributed by atoms with E-state index >= 15 is 0 Å². The number of nitrogens with one attached hydrogen (secondary N) is 2. The van der Waals surface area contributed by atoms with E-state index in [0.717, 1.165) is 11.3 Å². The summed E-state index contributed by atoms with van der Waals surface area (Å²) in [4.78, 5) is 26.4. The molecule has 1 aromatic heterocycles. The number of nitrogens with zero attached hydrogens (tertiary/aromatic N) is 3. The fraction of sp³-hybridized carbons (Fsp3) is 0.227. The lowest BCUT2D eigenvalue weighted by molar-refractivity contribution is 0.0564. The van der Waals surface area contributed by atoms with Gasteiger partial charge in [0.15, 0.2) is 0 Å². The number of rotatable bonds is 4. The van der Waals surface area contributed by atoms with E-state index in [2.05, 4.69) is 15.7 Å². The Morgan fingerprint density at radius 2 is 1.67 bits per heavy atom. The molecule has 4 rings (SSSR count). The van der Waals surface area contributed by atoms with Gasteiger partial charge < -0.3 is 20.3 Å². The van der Waals surface area contributed by atoms with Crippen molar-refractivity contribution < 1.29 is 14.3 Å². The molecule has 154 valence electrons. The standard InChI is InChI=1S/C22H23N5O3/c1-26-20(24-21(28)17-5-3-2-4-6-17)15-19(25-26)16-7-9-18(10-8-16)23-22(29)27-11-13-30-14-12-27/h2-10,15H,11-14H2,1H3,(H,23,29)(H,24,28). The van der Waals surface area contributed by atoms with E-state index in [1.807, 2.05) is 48.5 Å². The number of amides is 3. The molecule has 0 unspecified atom stereocenters. The molecule has 0 bridgehead atoms. The number of urea groups is 1. The van der Waals surface area contributed by atoms with Crippen LogP contribution < -0.4 is 10.6 Å². The number of ether oxygens (including phenoxy) is 1. The third kappa shape index (κ3) is 4.49. The zero-order valence-electron chi connectivity index (χ0n) is 16.7. The summed E-state index contributed by atoms with van der Waals surface area (Å²) < 4.78 is 6.90. The van der Waals surface area contributed by atoms with Gasteiger partial charge in [-0.05, 0) is 24.3 Å². The molecule has 1 aliphatic rings. The first-order valence-electron chi connectivity index (χ1n) is 9.75. The van der Waals surface area contributed by atoms with E-state index in [1.165, 1.54) is 0 Å². The van der Waals surface area contributed by atoms with Crippen LogP contribution in [0.25, 0.3) is 11.3 Å². The second-order valence-corrected chi connectivity index (χ2v) is 6.97. The molecule has 3 amide bonds. The Kier molecular flexibility index (Phi) is 5.76. The van der Waals surface area contributed by atoms with E-state index < -0.39 is 0 Å². The van der Waals surface area contributed by atoms with Crippen molar-refractivity contribution in [1.82, 2.24) is 14.7 Å². The molecule has 2 N–H and O–H groups in total. The second kappa shape index (κ2) is 8.79. The van der Waals surface area contributed by atoms with Crippen LogP contribution in [0.15, 0.2) is 60.7 Å². The number of anilines is 2. The van der Waals surface area contributed by atoms with Crippen LogP contribution in [0, 0.1) is 0 Å². The zero-order chi connectivity index (χ0) is 20.9. The third-order valence-corrected chi connectivity index (χ3v) is 4.89. The SMILES string of the molecule is Cn1nc(-c2ccc(NC(=O)N3CCOCC3)cc2)cc1NC(=O)c1ccccc1. The normalized spacial score (nSPS) is 13.7. The molecule has 0 saturated carbocycles. The molecule has 0 spiro atoms. The van der Waals surface area contributed by atoms with Crippen molar-refractivity contribution in [3.8, 4) is 11.3 Å². The van der Waals surface area contributed by atoms with Crippen LogP contribution in [0.2, 0.25) is 0 Å². The molecule has 30 heavy (non-hydrogen) atoms. The van der Waals surface area contributed by atoms with Gasteiger partial charge in [0, 0.05) is 43.0 Å². The third-order valence-electron chi connectivity index (χ3n) is 4.89. The highest BCUT2D eigenvalue weighted by atomic mass is 16.5. The number of carbonyl (C=O) groups is 2. The highest BCUT2D eigenvalue weighted by Gasteiger charge is 2.17. The fourth-order valence-electron chi connectivity index (χ4n) is 3.20. The van der Waals surface area contributed by atoms with Gasteiger partial charge in [-0.15, -0.1) is 0 Å². The minimum Gasteiger partial charge on any atom is -0.378 e. The summed E-state index contributed by atoms with van der Waals surface area (Å²) in [6, 6.07) is 18.2. The summed E-state index contributed by atoms with van der Waals surface area (Å²) in [7, 11) is 1.78. The van der Waals surface area contributed by atoms with E-state index in [0.29, 0.717) is 43.4 Å². The van der Waals surface area contributed by atoms with E-state index in [4.69, 9.17) is 4.74 Å². The first-order chi connectivity index (χ1) is 14.6. The lowest BCUT2D eigenvalue weighted by atomic mass is 10.1. The van der Waals surface area contributed by atoms with Crippen molar-refractivity contribution in [2.45, 2.75) is 0 Å². The minimum atomic E-state index is -0.189. The molecule has 8 heteroatoms. The van der Waals surface area contributed by atoms with Crippen LogP contribution >= 0.6 is 0 Å². The number of benzene rings is 2. The Hall–Kier alpha value is -3.65. The Morgan fingerprint density at radius 1 is 0.967 bits per heavy atom. The fourth-order valence-corrected chi connectivity index (χ4v) is 3.20. The van der Waals surface area contributed by atoms with Crippen LogP contribution in [-0.2, 0) is 11.8 Å². The molecule has 2 heterocycles. The molecule has 1 fully saturated rings. The molecule has 0 radical (unpaired) electrons. The van der Waals surface area contributed by atoms with Crippen molar-refractivity contribution >= 4 is 23.4 Å². The molecule has 1 aliphatic heterocycles. The molecule has 3 aromatic rings. The smallest absolute Gasteiger partial charge is 0.321 e. The first kappa shape index (κ1) is 19.7.